The number of benzene rings is 1. The number of halogens is 1. The van der Waals surface area contributed by atoms with Gasteiger partial charge in [0.05, 0.1) is 5.52 Å². The maximum absolute atomic E-state index is 6.03. The molecule has 4 heteroatoms. The topological polar surface area (TPSA) is 19.4 Å². The second kappa shape index (κ2) is 4.90. The highest BCUT2D eigenvalue weighted by atomic mass is 35.5. The largest absolute Gasteiger partial charge is 0.354 e. The quantitative estimate of drug-likeness (QED) is 0.846. The summed E-state index contributed by atoms with van der Waals surface area (Å²) in [6.45, 7) is 4.46. The second-order valence-corrected chi connectivity index (χ2v) is 6.11. The summed E-state index contributed by atoms with van der Waals surface area (Å²) in [6.07, 6.45) is 2.78. The van der Waals surface area contributed by atoms with E-state index in [9.17, 15) is 0 Å². The van der Waals surface area contributed by atoms with Crippen LogP contribution in [0.5, 0.6) is 0 Å². The van der Waals surface area contributed by atoms with Crippen LogP contribution in [0.3, 0.4) is 0 Å². The number of nitrogens with zero attached hydrogens (tertiary/aromatic N) is 3. The molecule has 4 rings (SSSR count). The van der Waals surface area contributed by atoms with E-state index in [4.69, 9.17) is 16.6 Å². The summed E-state index contributed by atoms with van der Waals surface area (Å²) < 4.78 is 0. The number of rotatable bonds is 2. The SMILES string of the molecule is Clc1c[c]c2ccc(N3CCN(C4CC4)CC3)nc2c1. The summed E-state index contributed by atoms with van der Waals surface area (Å²) in [4.78, 5) is 9.72. The minimum atomic E-state index is 0.695. The molecule has 1 aliphatic carbocycles. The zero-order valence-electron chi connectivity index (χ0n) is 11.3. The summed E-state index contributed by atoms with van der Waals surface area (Å²) >= 11 is 6.03. The van der Waals surface area contributed by atoms with Gasteiger partial charge < -0.3 is 4.90 Å². The molecule has 103 valence electrons. The van der Waals surface area contributed by atoms with E-state index in [1.165, 1.54) is 12.8 Å². The standard InChI is InChI=1S/C16H17ClN3/c17-13-3-1-12-2-6-16(18-15(12)11-13)20-9-7-19(8-10-20)14-4-5-14/h2-3,6,11,14H,4-5,7-10H2. The van der Waals surface area contributed by atoms with Crippen molar-refractivity contribution in [2.75, 3.05) is 31.1 Å². The molecule has 1 aliphatic heterocycles. The van der Waals surface area contributed by atoms with Gasteiger partial charge in [0.15, 0.2) is 0 Å². The fourth-order valence-corrected chi connectivity index (χ4v) is 3.11. The molecule has 2 fully saturated rings. The van der Waals surface area contributed by atoms with Crippen molar-refractivity contribution in [1.82, 2.24) is 9.88 Å². The smallest absolute Gasteiger partial charge is 0.129 e. The van der Waals surface area contributed by atoms with Gasteiger partial charge in [-0.25, -0.2) is 4.98 Å². The monoisotopic (exact) mass is 286 g/mol. The Kier molecular flexibility index (Phi) is 3.04. The number of hydrogen-bond acceptors (Lipinski definition) is 3. The molecule has 1 aromatic heterocycles. The maximum atomic E-state index is 6.03. The molecule has 0 atom stereocenters. The van der Waals surface area contributed by atoms with E-state index in [2.05, 4.69) is 28.0 Å². The Morgan fingerprint density at radius 2 is 1.95 bits per heavy atom. The lowest BCUT2D eigenvalue weighted by Crippen LogP contribution is -2.47. The zero-order valence-corrected chi connectivity index (χ0v) is 12.1. The third-order valence-corrected chi connectivity index (χ3v) is 4.47. The lowest BCUT2D eigenvalue weighted by molar-refractivity contribution is 0.247. The van der Waals surface area contributed by atoms with Crippen molar-refractivity contribution in [3.8, 4) is 0 Å². The van der Waals surface area contributed by atoms with Crippen LogP contribution in [0.2, 0.25) is 5.02 Å². The van der Waals surface area contributed by atoms with Crippen LogP contribution >= 0.6 is 11.6 Å². The number of piperazine rings is 1. The van der Waals surface area contributed by atoms with Gasteiger partial charge in [-0.2, -0.15) is 0 Å². The van der Waals surface area contributed by atoms with Crippen molar-refractivity contribution in [2.24, 2.45) is 0 Å². The Morgan fingerprint density at radius 3 is 2.70 bits per heavy atom. The summed E-state index contributed by atoms with van der Waals surface area (Å²) in [7, 11) is 0. The molecule has 1 saturated heterocycles. The first-order valence-corrected chi connectivity index (χ1v) is 7.64. The van der Waals surface area contributed by atoms with E-state index in [0.29, 0.717) is 5.02 Å². The van der Waals surface area contributed by atoms with Crippen LogP contribution in [0, 0.1) is 6.07 Å². The molecule has 1 aromatic carbocycles. The van der Waals surface area contributed by atoms with Crippen LogP contribution in [-0.4, -0.2) is 42.1 Å². The highest BCUT2D eigenvalue weighted by molar-refractivity contribution is 6.31. The van der Waals surface area contributed by atoms with E-state index in [-0.39, 0.29) is 0 Å². The first kappa shape index (κ1) is 12.4. The predicted octanol–water partition coefficient (Wildman–Crippen LogP) is 2.97. The van der Waals surface area contributed by atoms with Gasteiger partial charge >= 0.3 is 0 Å². The molecule has 2 aromatic rings. The van der Waals surface area contributed by atoms with E-state index >= 15 is 0 Å². The Balaban J connectivity index is 1.55. The van der Waals surface area contributed by atoms with Crippen molar-refractivity contribution in [3.63, 3.8) is 0 Å². The van der Waals surface area contributed by atoms with Crippen LogP contribution in [0.25, 0.3) is 10.9 Å². The van der Waals surface area contributed by atoms with Crippen LogP contribution in [-0.2, 0) is 0 Å². The zero-order chi connectivity index (χ0) is 13.5. The van der Waals surface area contributed by atoms with Gasteiger partial charge in [0.2, 0.25) is 0 Å². The predicted molar refractivity (Wildman–Crippen MR) is 82.4 cm³/mol. The Bertz CT molecular complexity index is 631. The van der Waals surface area contributed by atoms with Crippen molar-refractivity contribution in [3.05, 3.63) is 35.4 Å². The number of anilines is 1. The first-order valence-electron chi connectivity index (χ1n) is 7.26. The van der Waals surface area contributed by atoms with E-state index in [1.54, 1.807) is 6.07 Å². The Hall–Kier alpha value is -1.32. The number of aromatic nitrogens is 1. The van der Waals surface area contributed by atoms with Crippen LogP contribution in [0.15, 0.2) is 24.3 Å². The number of pyridine rings is 1. The first-order chi connectivity index (χ1) is 9.79. The van der Waals surface area contributed by atoms with E-state index < -0.39 is 0 Å². The molecular formula is C16H17ClN3. The van der Waals surface area contributed by atoms with Crippen LogP contribution in [0.4, 0.5) is 5.82 Å². The molecule has 3 nitrogen and oxygen atoms in total. The molecule has 0 amide bonds. The normalized spacial score (nSPS) is 20.6. The molecule has 0 unspecified atom stereocenters. The third kappa shape index (κ3) is 2.36. The number of hydrogen-bond donors (Lipinski definition) is 0. The molecule has 2 aliphatic rings. The lowest BCUT2D eigenvalue weighted by atomic mass is 10.2. The van der Waals surface area contributed by atoms with Gasteiger partial charge in [-0.3, -0.25) is 4.90 Å². The highest BCUT2D eigenvalue weighted by Crippen LogP contribution is 2.28. The molecule has 0 bridgehead atoms. The Labute approximate surface area is 124 Å². The fraction of sp³-hybridized carbons (Fsp3) is 0.438. The molecule has 0 N–H and O–H groups in total. The minimum Gasteiger partial charge on any atom is -0.354 e. The third-order valence-electron chi connectivity index (χ3n) is 4.25. The Morgan fingerprint density at radius 1 is 1.15 bits per heavy atom. The van der Waals surface area contributed by atoms with Gasteiger partial charge in [0.25, 0.3) is 0 Å². The molecule has 20 heavy (non-hydrogen) atoms. The van der Waals surface area contributed by atoms with Gasteiger partial charge in [0.1, 0.15) is 5.82 Å². The van der Waals surface area contributed by atoms with Crippen molar-refractivity contribution < 1.29 is 0 Å². The molecule has 1 saturated carbocycles. The van der Waals surface area contributed by atoms with Crippen LogP contribution in [0.1, 0.15) is 12.8 Å². The second-order valence-electron chi connectivity index (χ2n) is 5.67. The molecular weight excluding hydrogens is 270 g/mol. The van der Waals surface area contributed by atoms with Crippen molar-refractivity contribution >= 4 is 28.3 Å². The molecule has 2 heterocycles. The van der Waals surface area contributed by atoms with Crippen molar-refractivity contribution in [2.45, 2.75) is 18.9 Å². The minimum absolute atomic E-state index is 0.695. The lowest BCUT2D eigenvalue weighted by Gasteiger charge is -2.35. The molecule has 1 radical (unpaired) electrons. The van der Waals surface area contributed by atoms with Crippen molar-refractivity contribution in [1.29, 1.82) is 0 Å². The van der Waals surface area contributed by atoms with Gasteiger partial charge in [0, 0.05) is 42.6 Å². The van der Waals surface area contributed by atoms with Gasteiger partial charge in [-0.05, 0) is 43.2 Å². The van der Waals surface area contributed by atoms with Gasteiger partial charge in [-0.1, -0.05) is 11.6 Å². The van der Waals surface area contributed by atoms with Gasteiger partial charge in [-0.15, -0.1) is 0 Å². The van der Waals surface area contributed by atoms with Crippen LogP contribution < -0.4 is 4.90 Å². The average Bonchev–Trinajstić information content (AvgIpc) is 3.31. The number of fused-ring (bicyclic) bond motifs is 1. The van der Waals surface area contributed by atoms with E-state index in [1.807, 2.05) is 6.07 Å². The fourth-order valence-electron chi connectivity index (χ4n) is 2.95. The van der Waals surface area contributed by atoms with E-state index in [0.717, 1.165) is 48.9 Å². The molecule has 0 spiro atoms. The summed E-state index contributed by atoms with van der Waals surface area (Å²) in [6, 6.07) is 11.9. The average molecular weight is 287 g/mol. The highest BCUT2D eigenvalue weighted by Gasteiger charge is 2.31. The summed E-state index contributed by atoms with van der Waals surface area (Å²) in [5.41, 5.74) is 0.930. The summed E-state index contributed by atoms with van der Waals surface area (Å²) in [5.74, 6) is 1.06. The summed E-state index contributed by atoms with van der Waals surface area (Å²) in [5, 5.41) is 1.72. The maximum Gasteiger partial charge on any atom is 0.129 e.